The number of carbonyl (C=O) groups excluding carboxylic acids is 1. The van der Waals surface area contributed by atoms with Crippen LogP contribution in [0.3, 0.4) is 0 Å². The molecule has 0 N–H and O–H groups in total. The Morgan fingerprint density at radius 2 is 2.00 bits per heavy atom. The maximum atomic E-state index is 12.8. The second kappa shape index (κ2) is 5.64. The standard InChI is InChI=1S/C15H19N3O.C3H8/c1-9-4-3-5-12(9)18-13-11(8-16-10(2)17-13)15(6-7-15)14(18)19;1-3-2/h8-9,12H,3-7H2,1-2H3;3H2,1-2H3. The molecule has 22 heavy (non-hydrogen) atoms. The van der Waals surface area contributed by atoms with E-state index in [0.29, 0.717) is 17.9 Å². The molecule has 2 unspecified atom stereocenters. The summed E-state index contributed by atoms with van der Waals surface area (Å²) in [4.78, 5) is 23.8. The van der Waals surface area contributed by atoms with E-state index in [2.05, 4.69) is 30.7 Å². The predicted octanol–water partition coefficient (Wildman–Crippen LogP) is 3.77. The zero-order valence-corrected chi connectivity index (χ0v) is 14.2. The van der Waals surface area contributed by atoms with Gasteiger partial charge in [-0.3, -0.25) is 9.69 Å². The normalized spacial score (nSPS) is 27.6. The molecule has 4 rings (SSSR count). The Balaban J connectivity index is 0.000000446. The van der Waals surface area contributed by atoms with E-state index in [1.54, 1.807) is 0 Å². The first kappa shape index (κ1) is 15.4. The van der Waals surface area contributed by atoms with E-state index in [1.807, 2.05) is 18.0 Å². The van der Waals surface area contributed by atoms with Gasteiger partial charge in [0.15, 0.2) is 0 Å². The summed E-state index contributed by atoms with van der Waals surface area (Å²) >= 11 is 0. The van der Waals surface area contributed by atoms with Gasteiger partial charge in [-0.1, -0.05) is 33.6 Å². The summed E-state index contributed by atoms with van der Waals surface area (Å²) in [5.41, 5.74) is 0.841. The largest absolute Gasteiger partial charge is 0.292 e. The van der Waals surface area contributed by atoms with Crippen LogP contribution in [0.5, 0.6) is 0 Å². The lowest BCUT2D eigenvalue weighted by Crippen LogP contribution is -2.42. The summed E-state index contributed by atoms with van der Waals surface area (Å²) < 4.78 is 0. The number of amides is 1. The van der Waals surface area contributed by atoms with Crippen molar-refractivity contribution in [2.45, 2.75) is 77.7 Å². The number of aryl methyl sites for hydroxylation is 1. The highest BCUT2D eigenvalue weighted by atomic mass is 16.2. The van der Waals surface area contributed by atoms with E-state index < -0.39 is 0 Å². The van der Waals surface area contributed by atoms with Crippen LogP contribution in [0.2, 0.25) is 0 Å². The van der Waals surface area contributed by atoms with E-state index in [4.69, 9.17) is 0 Å². The third kappa shape index (κ3) is 2.24. The fraction of sp³-hybridized carbons (Fsp3) is 0.722. The van der Waals surface area contributed by atoms with E-state index in [1.165, 1.54) is 19.3 Å². The third-order valence-corrected chi connectivity index (χ3v) is 5.16. The maximum Gasteiger partial charge on any atom is 0.239 e. The summed E-state index contributed by atoms with van der Waals surface area (Å²) in [5.74, 6) is 2.55. The predicted molar refractivity (Wildman–Crippen MR) is 87.9 cm³/mol. The molecule has 2 heterocycles. The van der Waals surface area contributed by atoms with Crippen molar-refractivity contribution in [3.05, 3.63) is 17.6 Å². The Hall–Kier alpha value is -1.45. The highest BCUT2D eigenvalue weighted by molar-refractivity contribution is 6.09. The minimum atomic E-state index is -0.245. The summed E-state index contributed by atoms with van der Waals surface area (Å²) in [5, 5.41) is 0. The molecule has 0 aromatic carbocycles. The highest BCUT2D eigenvalue weighted by Gasteiger charge is 2.61. The molecular formula is C18H27N3O. The van der Waals surface area contributed by atoms with Gasteiger partial charge in [-0.15, -0.1) is 0 Å². The van der Waals surface area contributed by atoms with Crippen molar-refractivity contribution in [2.24, 2.45) is 5.92 Å². The number of hydrogen-bond donors (Lipinski definition) is 0. The summed E-state index contributed by atoms with van der Waals surface area (Å²) in [7, 11) is 0. The molecule has 1 aromatic heterocycles. The van der Waals surface area contributed by atoms with Gasteiger partial charge in [0.1, 0.15) is 11.6 Å². The molecule has 0 radical (unpaired) electrons. The van der Waals surface area contributed by atoms with Crippen LogP contribution in [-0.4, -0.2) is 21.9 Å². The SMILES string of the molecule is CCC.Cc1ncc2c(n1)N(C1CCCC1C)C(=O)C21CC1. The van der Waals surface area contributed by atoms with Gasteiger partial charge >= 0.3 is 0 Å². The van der Waals surface area contributed by atoms with Gasteiger partial charge in [0, 0.05) is 17.8 Å². The zero-order chi connectivity index (χ0) is 15.9. The van der Waals surface area contributed by atoms with Crippen molar-refractivity contribution in [3.8, 4) is 0 Å². The molecule has 0 saturated heterocycles. The van der Waals surface area contributed by atoms with Crippen LogP contribution in [-0.2, 0) is 10.2 Å². The van der Waals surface area contributed by atoms with Crippen molar-refractivity contribution in [3.63, 3.8) is 0 Å². The number of hydrogen-bond acceptors (Lipinski definition) is 3. The molecule has 120 valence electrons. The molecule has 0 bridgehead atoms. The number of fused-ring (bicyclic) bond motifs is 2. The van der Waals surface area contributed by atoms with Gasteiger partial charge < -0.3 is 0 Å². The zero-order valence-electron chi connectivity index (χ0n) is 14.2. The fourth-order valence-corrected chi connectivity index (χ4v) is 3.85. The number of carbonyl (C=O) groups is 1. The van der Waals surface area contributed by atoms with Crippen LogP contribution in [0, 0.1) is 12.8 Å². The average molecular weight is 301 g/mol. The maximum absolute atomic E-state index is 12.8. The van der Waals surface area contributed by atoms with Crippen LogP contribution < -0.4 is 4.90 Å². The lowest BCUT2D eigenvalue weighted by atomic mass is 10.0. The van der Waals surface area contributed by atoms with Gasteiger partial charge in [0.25, 0.3) is 0 Å². The second-order valence-corrected chi connectivity index (χ2v) is 7.09. The topological polar surface area (TPSA) is 46.1 Å². The molecule has 4 heteroatoms. The lowest BCUT2D eigenvalue weighted by molar-refractivity contribution is -0.120. The van der Waals surface area contributed by atoms with Crippen LogP contribution >= 0.6 is 0 Å². The third-order valence-electron chi connectivity index (χ3n) is 5.16. The molecule has 2 atom stereocenters. The molecule has 1 amide bonds. The molecule has 2 saturated carbocycles. The van der Waals surface area contributed by atoms with Crippen molar-refractivity contribution in [2.75, 3.05) is 4.90 Å². The van der Waals surface area contributed by atoms with Crippen LogP contribution in [0.1, 0.15) is 70.7 Å². The first-order chi connectivity index (χ1) is 10.5. The van der Waals surface area contributed by atoms with Crippen LogP contribution in [0.25, 0.3) is 0 Å². The van der Waals surface area contributed by atoms with Gasteiger partial charge in [0.05, 0.1) is 5.41 Å². The van der Waals surface area contributed by atoms with E-state index >= 15 is 0 Å². The van der Waals surface area contributed by atoms with E-state index in [0.717, 1.165) is 36.5 Å². The molecule has 1 aromatic rings. The number of rotatable bonds is 1. The molecule has 1 aliphatic heterocycles. The summed E-state index contributed by atoms with van der Waals surface area (Å²) in [6.07, 6.45) is 8.65. The Labute approximate surface area is 133 Å². The molecular weight excluding hydrogens is 274 g/mol. The summed E-state index contributed by atoms with van der Waals surface area (Å²) in [6.45, 7) is 8.41. The minimum Gasteiger partial charge on any atom is -0.292 e. The molecule has 2 aliphatic carbocycles. The average Bonchev–Trinajstić information content (AvgIpc) is 3.13. The molecule has 4 nitrogen and oxygen atoms in total. The Kier molecular flexibility index (Phi) is 3.96. The first-order valence-electron chi connectivity index (χ1n) is 8.73. The van der Waals surface area contributed by atoms with Gasteiger partial charge in [-0.25, -0.2) is 9.97 Å². The van der Waals surface area contributed by atoms with Gasteiger partial charge in [-0.05, 0) is 38.5 Å². The van der Waals surface area contributed by atoms with Gasteiger partial charge in [-0.2, -0.15) is 0 Å². The minimum absolute atomic E-state index is 0.245. The molecule has 1 spiro atoms. The number of aromatic nitrogens is 2. The number of nitrogens with zero attached hydrogens (tertiary/aromatic N) is 3. The van der Waals surface area contributed by atoms with Crippen LogP contribution in [0.15, 0.2) is 6.20 Å². The second-order valence-electron chi connectivity index (χ2n) is 7.09. The van der Waals surface area contributed by atoms with Crippen LogP contribution in [0.4, 0.5) is 5.82 Å². The highest BCUT2D eigenvalue weighted by Crippen LogP contribution is 2.57. The molecule has 3 aliphatic rings. The van der Waals surface area contributed by atoms with Gasteiger partial charge in [0.2, 0.25) is 5.91 Å². The molecule has 2 fully saturated rings. The number of anilines is 1. The lowest BCUT2D eigenvalue weighted by Gasteiger charge is -2.28. The quantitative estimate of drug-likeness (QED) is 0.793. The van der Waals surface area contributed by atoms with Crippen molar-refractivity contribution < 1.29 is 4.79 Å². The first-order valence-corrected chi connectivity index (χ1v) is 8.73. The van der Waals surface area contributed by atoms with Crippen molar-refractivity contribution in [1.82, 2.24) is 9.97 Å². The van der Waals surface area contributed by atoms with E-state index in [-0.39, 0.29) is 5.41 Å². The van der Waals surface area contributed by atoms with Crippen molar-refractivity contribution in [1.29, 1.82) is 0 Å². The Bertz CT molecular complexity index is 580. The Morgan fingerprint density at radius 3 is 2.55 bits per heavy atom. The smallest absolute Gasteiger partial charge is 0.239 e. The monoisotopic (exact) mass is 301 g/mol. The Morgan fingerprint density at radius 1 is 1.32 bits per heavy atom. The summed E-state index contributed by atoms with van der Waals surface area (Å²) in [6, 6.07) is 0.348. The fourth-order valence-electron chi connectivity index (χ4n) is 3.85. The van der Waals surface area contributed by atoms with E-state index in [9.17, 15) is 4.79 Å². The van der Waals surface area contributed by atoms with Crippen molar-refractivity contribution >= 4 is 11.7 Å².